The number of ether oxygens (including phenoxy) is 2. The van der Waals surface area contributed by atoms with Crippen LogP contribution in [0, 0.1) is 0 Å². The van der Waals surface area contributed by atoms with Crippen molar-refractivity contribution in [3.8, 4) is 11.5 Å². The Morgan fingerprint density at radius 2 is 1.89 bits per heavy atom. The van der Waals surface area contributed by atoms with E-state index < -0.39 is 0 Å². The topological polar surface area (TPSA) is 35.5 Å². The van der Waals surface area contributed by atoms with Crippen molar-refractivity contribution < 1.29 is 14.3 Å². The van der Waals surface area contributed by atoms with Crippen molar-refractivity contribution in [2.45, 2.75) is 6.61 Å². The van der Waals surface area contributed by atoms with Gasteiger partial charge in [0.05, 0.1) is 17.0 Å². The third-order valence-electron chi connectivity index (χ3n) is 3.82. The number of halogens is 3. The Balaban J connectivity index is 1.75. The fourth-order valence-electron chi connectivity index (χ4n) is 2.46. The number of hydrogen-bond acceptors (Lipinski definition) is 4. The van der Waals surface area contributed by atoms with Crippen LogP contribution in [0.1, 0.15) is 20.8 Å². The van der Waals surface area contributed by atoms with Gasteiger partial charge in [-0.1, -0.05) is 39.7 Å². The monoisotopic (exact) mass is 540 g/mol. The summed E-state index contributed by atoms with van der Waals surface area (Å²) in [6.45, 7) is 0.290. The Bertz CT molecular complexity index is 1030. The van der Waals surface area contributed by atoms with Gasteiger partial charge < -0.3 is 9.47 Å². The van der Waals surface area contributed by atoms with Crippen molar-refractivity contribution in [1.82, 2.24) is 0 Å². The molecule has 0 bridgehead atoms. The lowest BCUT2D eigenvalue weighted by Gasteiger charge is -2.12. The van der Waals surface area contributed by atoms with Crippen molar-refractivity contribution in [3.05, 3.63) is 83.9 Å². The highest BCUT2D eigenvalue weighted by Crippen LogP contribution is 2.30. The van der Waals surface area contributed by atoms with Crippen molar-refractivity contribution >= 4 is 66.7 Å². The van der Waals surface area contributed by atoms with Crippen LogP contribution >= 0.6 is 54.8 Å². The molecule has 0 amide bonds. The van der Waals surface area contributed by atoms with Crippen LogP contribution in [0.3, 0.4) is 0 Å². The van der Waals surface area contributed by atoms with E-state index in [2.05, 4.69) is 31.9 Å². The van der Waals surface area contributed by atoms with E-state index in [4.69, 9.17) is 21.1 Å². The Labute approximate surface area is 189 Å². The van der Waals surface area contributed by atoms with Gasteiger partial charge in [0.2, 0.25) is 0 Å². The molecule has 0 unspecified atom stereocenters. The molecule has 7 heteroatoms. The molecule has 0 fully saturated rings. The van der Waals surface area contributed by atoms with Crippen LogP contribution in [0.15, 0.2) is 62.9 Å². The van der Waals surface area contributed by atoms with E-state index in [9.17, 15) is 4.79 Å². The molecule has 0 radical (unpaired) electrons. The zero-order valence-corrected chi connectivity index (χ0v) is 19.5. The minimum atomic E-state index is -0.0361. The van der Waals surface area contributed by atoms with E-state index in [1.807, 2.05) is 35.7 Å². The average molecular weight is 543 g/mol. The smallest absolute Gasteiger partial charge is 0.195 e. The summed E-state index contributed by atoms with van der Waals surface area (Å²) in [6, 6.07) is 12.9. The van der Waals surface area contributed by atoms with Crippen molar-refractivity contribution in [1.29, 1.82) is 0 Å². The van der Waals surface area contributed by atoms with Crippen molar-refractivity contribution in [3.63, 3.8) is 0 Å². The van der Waals surface area contributed by atoms with Gasteiger partial charge in [-0.05, 0) is 64.0 Å². The maximum absolute atomic E-state index is 12.2. The van der Waals surface area contributed by atoms with E-state index in [1.54, 1.807) is 31.4 Å². The quantitative estimate of drug-likeness (QED) is 0.230. The second-order valence-corrected chi connectivity index (χ2v) is 8.91. The largest absolute Gasteiger partial charge is 0.496 e. The number of methoxy groups -OCH3 is 1. The first kappa shape index (κ1) is 21.1. The molecule has 3 rings (SSSR count). The summed E-state index contributed by atoms with van der Waals surface area (Å²) in [4.78, 5) is 12.9. The average Bonchev–Trinajstić information content (AvgIpc) is 3.12. The minimum absolute atomic E-state index is 0.0361. The van der Waals surface area contributed by atoms with Crippen molar-refractivity contribution in [2.24, 2.45) is 0 Å². The molecule has 144 valence electrons. The summed E-state index contributed by atoms with van der Waals surface area (Å²) in [5.41, 5.74) is 1.74. The molecule has 1 heterocycles. The number of allylic oxidation sites excluding steroid dienone is 1. The predicted molar refractivity (Wildman–Crippen MR) is 122 cm³/mol. The van der Waals surface area contributed by atoms with Gasteiger partial charge in [0.1, 0.15) is 18.1 Å². The number of thiophene rings is 1. The van der Waals surface area contributed by atoms with Crippen LogP contribution in [-0.4, -0.2) is 12.9 Å². The molecule has 0 atom stereocenters. The maximum atomic E-state index is 12.2. The third-order valence-corrected chi connectivity index (χ3v) is 6.31. The molecule has 0 aliphatic rings. The number of hydrogen-bond donors (Lipinski definition) is 0. The highest BCUT2D eigenvalue weighted by Gasteiger charge is 2.09. The summed E-state index contributed by atoms with van der Waals surface area (Å²) in [6.07, 6.45) is 3.35. The molecule has 3 aromatic rings. The molecular formula is C21H15Br2ClO3S. The van der Waals surface area contributed by atoms with E-state index in [0.29, 0.717) is 21.4 Å². The predicted octanol–water partition coefficient (Wildman–Crippen LogP) is 7.41. The number of carbonyl (C=O) groups is 1. The summed E-state index contributed by atoms with van der Waals surface area (Å²) in [5.74, 6) is 1.26. The van der Waals surface area contributed by atoms with E-state index in [1.165, 1.54) is 11.3 Å². The molecule has 2 aromatic carbocycles. The molecule has 0 saturated carbocycles. The number of carbonyl (C=O) groups excluding carboxylic acids is 1. The lowest BCUT2D eigenvalue weighted by molar-refractivity contribution is 0.105. The first-order chi connectivity index (χ1) is 13.5. The van der Waals surface area contributed by atoms with E-state index >= 15 is 0 Å². The molecule has 1 aromatic heterocycles. The molecule has 0 aliphatic heterocycles. The van der Waals surface area contributed by atoms with Crippen LogP contribution in [0.4, 0.5) is 0 Å². The first-order valence-electron chi connectivity index (χ1n) is 8.17. The molecule has 28 heavy (non-hydrogen) atoms. The zero-order chi connectivity index (χ0) is 20.1. The first-order valence-corrected chi connectivity index (χ1v) is 11.0. The Kier molecular flexibility index (Phi) is 7.35. The highest BCUT2D eigenvalue weighted by molar-refractivity contribution is 9.10. The van der Waals surface area contributed by atoms with E-state index in [-0.39, 0.29) is 12.4 Å². The second-order valence-electron chi connectivity index (χ2n) is 5.76. The SMILES string of the molecule is COc1ccc(/C=C/C(=O)c2cc(Br)cs2)cc1COc1ccc(Br)cc1Cl. The molecule has 0 N–H and O–H groups in total. The number of benzene rings is 2. The van der Waals surface area contributed by atoms with Gasteiger partial charge in [0.15, 0.2) is 5.78 Å². The summed E-state index contributed by atoms with van der Waals surface area (Å²) in [7, 11) is 1.61. The minimum Gasteiger partial charge on any atom is -0.496 e. The fourth-order valence-corrected chi connectivity index (χ4v) is 4.53. The maximum Gasteiger partial charge on any atom is 0.195 e. The summed E-state index contributed by atoms with van der Waals surface area (Å²) < 4.78 is 13.1. The fraction of sp³-hybridized carbons (Fsp3) is 0.0952. The number of ketones is 1. The normalized spacial score (nSPS) is 11.0. The lowest BCUT2D eigenvalue weighted by atomic mass is 10.1. The molecule has 0 spiro atoms. The molecule has 3 nitrogen and oxygen atoms in total. The van der Waals surface area contributed by atoms with Gasteiger partial charge in [-0.2, -0.15) is 0 Å². The Morgan fingerprint density at radius 1 is 1.11 bits per heavy atom. The second kappa shape index (κ2) is 9.74. The summed E-state index contributed by atoms with van der Waals surface area (Å²) in [5, 5.41) is 2.41. The van der Waals surface area contributed by atoms with Crippen LogP contribution in [0.5, 0.6) is 11.5 Å². The Hall–Kier alpha value is -1.60. The van der Waals surface area contributed by atoms with Gasteiger partial charge in [-0.15, -0.1) is 11.3 Å². The number of rotatable bonds is 7. The van der Waals surface area contributed by atoms with Crippen molar-refractivity contribution in [2.75, 3.05) is 7.11 Å². The van der Waals surface area contributed by atoms with Gasteiger partial charge in [0, 0.05) is 19.9 Å². The molecule has 0 aliphatic carbocycles. The van der Waals surface area contributed by atoms with Crippen LogP contribution in [0.25, 0.3) is 6.08 Å². The highest BCUT2D eigenvalue weighted by atomic mass is 79.9. The van der Waals surface area contributed by atoms with E-state index in [0.717, 1.165) is 20.1 Å². The van der Waals surface area contributed by atoms with Gasteiger partial charge >= 0.3 is 0 Å². The lowest BCUT2D eigenvalue weighted by Crippen LogP contribution is -2.00. The standard InChI is InChI=1S/C21H15Br2ClO3S/c1-26-19-6-3-13(2-5-18(25)21-10-16(23)12-28-21)8-14(19)11-27-20-7-4-15(22)9-17(20)24/h2-10,12H,11H2,1H3/b5-2+. The molecule has 0 saturated heterocycles. The zero-order valence-electron chi connectivity index (χ0n) is 14.7. The van der Waals surface area contributed by atoms with Crippen LogP contribution in [0.2, 0.25) is 5.02 Å². The van der Waals surface area contributed by atoms with Crippen LogP contribution in [-0.2, 0) is 6.61 Å². The van der Waals surface area contributed by atoms with Crippen LogP contribution < -0.4 is 9.47 Å². The van der Waals surface area contributed by atoms with Gasteiger partial charge in [-0.3, -0.25) is 4.79 Å². The Morgan fingerprint density at radius 3 is 2.57 bits per heavy atom. The third kappa shape index (κ3) is 5.47. The van der Waals surface area contributed by atoms with Gasteiger partial charge in [-0.25, -0.2) is 0 Å². The summed E-state index contributed by atoms with van der Waals surface area (Å²) >= 11 is 14.4. The van der Waals surface area contributed by atoms with Gasteiger partial charge in [0.25, 0.3) is 0 Å². The molecular weight excluding hydrogens is 528 g/mol.